The zero-order chi connectivity index (χ0) is 38.3. The summed E-state index contributed by atoms with van der Waals surface area (Å²) in [4.78, 5) is 48.1. The molecule has 1 aliphatic rings. The van der Waals surface area contributed by atoms with Crippen LogP contribution in [0, 0.1) is 11.8 Å². The maximum atomic E-state index is 14.2. The molecule has 1 aliphatic heterocycles. The third-order valence-corrected chi connectivity index (χ3v) is 10.9. The molecule has 3 aromatic carbocycles. The van der Waals surface area contributed by atoms with Crippen molar-refractivity contribution in [2.45, 2.75) is 63.7 Å². The molecule has 4 aromatic rings. The van der Waals surface area contributed by atoms with Crippen LogP contribution < -0.4 is 5.32 Å². The van der Waals surface area contributed by atoms with Crippen molar-refractivity contribution in [1.82, 2.24) is 24.4 Å². The Bertz CT molecular complexity index is 2040. The van der Waals surface area contributed by atoms with Crippen LogP contribution in [0.2, 0.25) is 0 Å². The van der Waals surface area contributed by atoms with Gasteiger partial charge >= 0.3 is 6.03 Å². The first-order valence-electron chi connectivity index (χ1n) is 17.5. The number of imide groups is 1. The van der Waals surface area contributed by atoms with Gasteiger partial charge < -0.3 is 20.5 Å². The summed E-state index contributed by atoms with van der Waals surface area (Å²) < 4.78 is 29.0. The summed E-state index contributed by atoms with van der Waals surface area (Å²) in [5.74, 6) is -1.56. The lowest BCUT2D eigenvalue weighted by molar-refractivity contribution is -0.129. The molecule has 53 heavy (non-hydrogen) atoms. The number of aliphatic hydroxyl groups excluding tert-OH is 1. The molecule has 14 heteroatoms. The Morgan fingerprint density at radius 3 is 2.28 bits per heavy atom. The van der Waals surface area contributed by atoms with E-state index in [1.54, 1.807) is 19.9 Å². The van der Waals surface area contributed by atoms with E-state index in [-0.39, 0.29) is 43.4 Å². The number of hydrogen-bond donors (Lipinski definition) is 3. The quantitative estimate of drug-likeness (QED) is 0.0661. The molecule has 3 atom stereocenters. The lowest BCUT2D eigenvalue weighted by Gasteiger charge is -2.34. The number of rotatable bonds is 16. The maximum Gasteiger partial charge on any atom is 0.328 e. The molecule has 0 radical (unpaired) electrons. The first-order chi connectivity index (χ1) is 25.3. The van der Waals surface area contributed by atoms with E-state index in [0.29, 0.717) is 11.3 Å². The van der Waals surface area contributed by atoms with Crippen LogP contribution in [-0.4, -0.2) is 99.7 Å². The molecule has 280 valence electrons. The molecule has 1 aromatic heterocycles. The number of aromatic nitrogens is 1. The topological polar surface area (TPSA) is 173 Å². The molecule has 0 aliphatic carbocycles. The molecule has 3 N–H and O–H groups in total. The van der Waals surface area contributed by atoms with Gasteiger partial charge in [0.15, 0.2) is 0 Å². The average Bonchev–Trinajstić information content (AvgIpc) is 3.39. The van der Waals surface area contributed by atoms with Crippen LogP contribution in [0.4, 0.5) is 4.79 Å². The van der Waals surface area contributed by atoms with Crippen molar-refractivity contribution >= 4 is 45.0 Å². The number of carbonyl (C=O) groups is 3. The fourth-order valence-electron chi connectivity index (χ4n) is 6.47. The Hall–Kier alpha value is -5.18. The van der Waals surface area contributed by atoms with Crippen LogP contribution in [0.1, 0.15) is 44.5 Å². The molecule has 1 saturated heterocycles. The molecule has 13 nitrogen and oxygen atoms in total. The Labute approximate surface area is 310 Å². The van der Waals surface area contributed by atoms with Gasteiger partial charge in [-0.05, 0) is 53.6 Å². The standard InChI is InChI=1S/C39H46N6O7S/c1-26(2)22-43(53(51,52)32-18-14-29(15-19-32)21-40-50)24-35(46)34(20-28-10-6-5-7-11-28)42-38(48)37(27(3)4)45-25-36(47)44(39(45)49)23-31-17-16-30-12-8-9-13-33(30)41-31/h5-19,21,26-27,34-35,37,46,50H,20,22-25H2,1-4H3,(H,42,48)/t34-,35-,37-/m0/s1. The lowest BCUT2D eigenvalue weighted by atomic mass is 9.97. The van der Waals surface area contributed by atoms with E-state index in [0.717, 1.165) is 21.4 Å². The van der Waals surface area contributed by atoms with E-state index < -0.39 is 52.0 Å². The van der Waals surface area contributed by atoms with Crippen LogP contribution in [0.15, 0.2) is 101 Å². The van der Waals surface area contributed by atoms with Crippen LogP contribution in [0.3, 0.4) is 0 Å². The van der Waals surface area contributed by atoms with Gasteiger partial charge in [0, 0.05) is 18.5 Å². The highest BCUT2D eigenvalue weighted by molar-refractivity contribution is 7.89. The summed E-state index contributed by atoms with van der Waals surface area (Å²) in [6, 6.07) is 23.5. The number of pyridine rings is 1. The molecule has 5 rings (SSSR count). The zero-order valence-corrected chi connectivity index (χ0v) is 31.1. The van der Waals surface area contributed by atoms with Crippen molar-refractivity contribution in [2.24, 2.45) is 17.0 Å². The fourth-order valence-corrected chi connectivity index (χ4v) is 8.09. The predicted octanol–water partition coefficient (Wildman–Crippen LogP) is 4.27. The molecular formula is C39H46N6O7S. The minimum absolute atomic E-state index is 0.00962. The molecule has 4 amide bonds. The summed E-state index contributed by atoms with van der Waals surface area (Å²) in [5.41, 5.74) is 2.55. The number of aliphatic hydroxyl groups is 1. The number of urea groups is 1. The first-order valence-corrected chi connectivity index (χ1v) is 19.0. The van der Waals surface area contributed by atoms with E-state index >= 15 is 0 Å². The number of carbonyl (C=O) groups excluding carboxylic acids is 3. The van der Waals surface area contributed by atoms with Crippen molar-refractivity contribution in [3.8, 4) is 0 Å². The molecule has 1 fully saturated rings. The van der Waals surface area contributed by atoms with Gasteiger partial charge in [0.05, 0.1) is 41.0 Å². The lowest BCUT2D eigenvalue weighted by Crippen LogP contribution is -2.57. The van der Waals surface area contributed by atoms with Crippen molar-refractivity contribution in [3.63, 3.8) is 0 Å². The van der Waals surface area contributed by atoms with Crippen molar-refractivity contribution in [3.05, 3.63) is 108 Å². The van der Waals surface area contributed by atoms with Crippen LogP contribution in [0.25, 0.3) is 10.9 Å². The molecule has 0 saturated carbocycles. The third kappa shape index (κ3) is 9.44. The van der Waals surface area contributed by atoms with E-state index in [1.165, 1.54) is 39.7 Å². The monoisotopic (exact) mass is 742 g/mol. The summed E-state index contributed by atoms with van der Waals surface area (Å²) in [5, 5.41) is 27.5. The van der Waals surface area contributed by atoms with Gasteiger partial charge in [-0.1, -0.05) is 99.6 Å². The van der Waals surface area contributed by atoms with Gasteiger partial charge in [0.1, 0.15) is 12.6 Å². The number of oxime groups is 1. The van der Waals surface area contributed by atoms with E-state index in [1.807, 2.05) is 74.5 Å². The number of hydrogen-bond acceptors (Lipinski definition) is 9. The second-order valence-corrected chi connectivity index (χ2v) is 15.9. The highest BCUT2D eigenvalue weighted by atomic mass is 32.2. The summed E-state index contributed by atoms with van der Waals surface area (Å²) >= 11 is 0. The normalized spacial score (nSPS) is 15.6. The maximum absolute atomic E-state index is 14.2. The number of benzene rings is 3. The number of para-hydroxylation sites is 1. The molecule has 0 unspecified atom stereocenters. The van der Waals surface area contributed by atoms with Gasteiger partial charge in [-0.15, -0.1) is 0 Å². The van der Waals surface area contributed by atoms with E-state index in [2.05, 4.69) is 15.5 Å². The zero-order valence-electron chi connectivity index (χ0n) is 30.2. The first kappa shape index (κ1) is 39.0. The molecule has 0 bridgehead atoms. The molecule has 0 spiro atoms. The van der Waals surface area contributed by atoms with Gasteiger partial charge in [0.25, 0.3) is 5.91 Å². The summed E-state index contributed by atoms with van der Waals surface area (Å²) in [6.07, 6.45) is -0.0261. The minimum Gasteiger partial charge on any atom is -0.411 e. The van der Waals surface area contributed by atoms with Crippen molar-refractivity contribution < 1.29 is 33.1 Å². The second kappa shape index (κ2) is 17.1. The minimum atomic E-state index is -4.11. The Kier molecular flexibility index (Phi) is 12.6. The Morgan fingerprint density at radius 1 is 0.943 bits per heavy atom. The largest absolute Gasteiger partial charge is 0.411 e. The fraction of sp³-hybridized carbons (Fsp3) is 0.359. The van der Waals surface area contributed by atoms with Crippen molar-refractivity contribution in [1.29, 1.82) is 0 Å². The SMILES string of the molecule is CC(C)CN(C[C@H](O)[C@H](Cc1ccccc1)NC(=O)[C@H](C(C)C)N1CC(=O)N(Cc2ccc3ccccc3n2)C1=O)S(=O)(=O)c1ccc(C=NO)cc1. The Balaban J connectivity index is 1.38. The smallest absolute Gasteiger partial charge is 0.328 e. The van der Waals surface area contributed by atoms with Gasteiger partial charge in [0.2, 0.25) is 15.9 Å². The van der Waals surface area contributed by atoms with Gasteiger partial charge in [-0.25, -0.2) is 13.2 Å². The number of nitrogens with zero attached hydrogens (tertiary/aromatic N) is 5. The number of amides is 4. The third-order valence-electron chi connectivity index (χ3n) is 9.07. The van der Waals surface area contributed by atoms with Crippen LogP contribution in [-0.2, 0) is 32.6 Å². The molecule has 2 heterocycles. The second-order valence-electron chi connectivity index (χ2n) is 14.0. The number of sulfonamides is 1. The highest BCUT2D eigenvalue weighted by Crippen LogP contribution is 2.24. The van der Waals surface area contributed by atoms with Gasteiger partial charge in [-0.2, -0.15) is 4.31 Å². The van der Waals surface area contributed by atoms with E-state index in [9.17, 15) is 27.9 Å². The predicted molar refractivity (Wildman–Crippen MR) is 201 cm³/mol. The van der Waals surface area contributed by atoms with Gasteiger partial charge in [-0.3, -0.25) is 19.5 Å². The number of nitrogens with one attached hydrogen (secondary N) is 1. The number of fused-ring (bicyclic) bond motifs is 1. The highest BCUT2D eigenvalue weighted by Gasteiger charge is 2.44. The van der Waals surface area contributed by atoms with E-state index in [4.69, 9.17) is 5.21 Å². The van der Waals surface area contributed by atoms with Crippen LogP contribution in [0.5, 0.6) is 0 Å². The molecular weight excluding hydrogens is 697 g/mol. The van der Waals surface area contributed by atoms with Crippen molar-refractivity contribution in [2.75, 3.05) is 19.6 Å². The summed E-state index contributed by atoms with van der Waals surface area (Å²) in [6.45, 7) is 6.65. The summed E-state index contributed by atoms with van der Waals surface area (Å²) in [7, 11) is -4.11. The Morgan fingerprint density at radius 2 is 1.62 bits per heavy atom. The van der Waals surface area contributed by atoms with Crippen LogP contribution >= 0.6 is 0 Å². The average molecular weight is 743 g/mol.